The topological polar surface area (TPSA) is 84.9 Å². The van der Waals surface area contributed by atoms with Crippen molar-refractivity contribution in [1.29, 1.82) is 0 Å². The fourth-order valence-electron chi connectivity index (χ4n) is 4.66. The van der Waals surface area contributed by atoms with Crippen LogP contribution in [0, 0.1) is 6.92 Å². The first-order chi connectivity index (χ1) is 14.4. The molecule has 1 aromatic rings. The van der Waals surface area contributed by atoms with E-state index in [1.165, 1.54) is 0 Å². The van der Waals surface area contributed by atoms with E-state index in [0.29, 0.717) is 37.2 Å². The summed E-state index contributed by atoms with van der Waals surface area (Å²) in [5.74, 6) is 0.414. The molecular weight excluding hydrogens is 384 g/mol. The van der Waals surface area contributed by atoms with Crippen LogP contribution in [0.2, 0.25) is 0 Å². The normalized spacial score (nSPS) is 27.4. The molecule has 162 valence electrons. The van der Waals surface area contributed by atoms with E-state index in [1.807, 2.05) is 25.1 Å². The average molecular weight is 415 g/mol. The Labute approximate surface area is 177 Å². The number of amides is 2. The Balaban J connectivity index is 1.42. The summed E-state index contributed by atoms with van der Waals surface area (Å²) in [7, 11) is 0. The molecule has 4 rings (SSSR count). The number of nitrogens with zero attached hydrogens (tertiary/aromatic N) is 1. The van der Waals surface area contributed by atoms with Gasteiger partial charge in [-0.25, -0.2) is 0 Å². The number of aryl methyl sites for hydroxylation is 1. The van der Waals surface area contributed by atoms with Crippen LogP contribution in [0.5, 0.6) is 5.75 Å². The Morgan fingerprint density at radius 3 is 2.93 bits per heavy atom. The molecule has 3 heterocycles. The van der Waals surface area contributed by atoms with Gasteiger partial charge in [-0.3, -0.25) is 14.4 Å². The molecule has 0 saturated carbocycles. The fourth-order valence-corrected chi connectivity index (χ4v) is 4.66. The van der Waals surface area contributed by atoms with E-state index in [9.17, 15) is 14.4 Å². The smallest absolute Gasteiger partial charge is 0.242 e. The predicted octanol–water partition coefficient (Wildman–Crippen LogP) is 2.40. The molecule has 2 fully saturated rings. The van der Waals surface area contributed by atoms with Gasteiger partial charge in [-0.15, -0.1) is 0 Å². The highest BCUT2D eigenvalue weighted by Gasteiger charge is 2.44. The van der Waals surface area contributed by atoms with Crippen molar-refractivity contribution >= 4 is 17.6 Å². The third-order valence-corrected chi connectivity index (χ3v) is 6.54. The third kappa shape index (κ3) is 4.21. The molecule has 7 nitrogen and oxygen atoms in total. The molecule has 3 aliphatic rings. The molecule has 1 N–H and O–H groups in total. The molecule has 7 heteroatoms. The van der Waals surface area contributed by atoms with Gasteiger partial charge < -0.3 is 19.7 Å². The highest BCUT2D eigenvalue weighted by Crippen LogP contribution is 2.40. The summed E-state index contributed by atoms with van der Waals surface area (Å²) in [6.07, 6.45) is 3.57. The lowest BCUT2D eigenvalue weighted by molar-refractivity contribution is -0.139. The number of nitrogens with one attached hydrogen (secondary N) is 1. The SMILES string of the molecule is Cc1ccc2c(c1)C(=O)CC1(CCC(=O)N(C(C)C(=O)NCC3CCCO3)CC1)O2. The summed E-state index contributed by atoms with van der Waals surface area (Å²) >= 11 is 0. The van der Waals surface area contributed by atoms with Gasteiger partial charge in [0.25, 0.3) is 0 Å². The van der Waals surface area contributed by atoms with Crippen LogP contribution < -0.4 is 10.1 Å². The number of hydrogen-bond donors (Lipinski definition) is 1. The minimum Gasteiger partial charge on any atom is -0.486 e. The Bertz CT molecular complexity index is 848. The lowest BCUT2D eigenvalue weighted by Gasteiger charge is -2.37. The van der Waals surface area contributed by atoms with Crippen LogP contribution in [-0.4, -0.2) is 59.9 Å². The lowest BCUT2D eigenvalue weighted by atomic mass is 9.84. The Morgan fingerprint density at radius 2 is 2.17 bits per heavy atom. The second-order valence-corrected chi connectivity index (χ2v) is 8.78. The van der Waals surface area contributed by atoms with Gasteiger partial charge in [-0.1, -0.05) is 11.6 Å². The molecule has 2 amide bonds. The predicted molar refractivity (Wildman–Crippen MR) is 110 cm³/mol. The summed E-state index contributed by atoms with van der Waals surface area (Å²) in [6, 6.07) is 5.07. The van der Waals surface area contributed by atoms with Crippen molar-refractivity contribution in [3.63, 3.8) is 0 Å². The van der Waals surface area contributed by atoms with Crippen molar-refractivity contribution < 1.29 is 23.9 Å². The van der Waals surface area contributed by atoms with Gasteiger partial charge in [0.15, 0.2) is 5.78 Å². The van der Waals surface area contributed by atoms with E-state index in [-0.39, 0.29) is 36.5 Å². The minimum atomic E-state index is -0.683. The van der Waals surface area contributed by atoms with Gasteiger partial charge in [0.2, 0.25) is 11.8 Å². The van der Waals surface area contributed by atoms with Gasteiger partial charge in [0, 0.05) is 32.5 Å². The van der Waals surface area contributed by atoms with E-state index in [1.54, 1.807) is 11.8 Å². The van der Waals surface area contributed by atoms with E-state index >= 15 is 0 Å². The summed E-state index contributed by atoms with van der Waals surface area (Å²) in [5, 5.41) is 2.92. The maximum Gasteiger partial charge on any atom is 0.242 e. The highest BCUT2D eigenvalue weighted by molar-refractivity contribution is 6.00. The van der Waals surface area contributed by atoms with E-state index in [0.717, 1.165) is 25.0 Å². The summed E-state index contributed by atoms with van der Waals surface area (Å²) < 4.78 is 11.8. The quantitative estimate of drug-likeness (QED) is 0.818. The largest absolute Gasteiger partial charge is 0.486 e. The van der Waals surface area contributed by atoms with E-state index in [2.05, 4.69) is 5.32 Å². The van der Waals surface area contributed by atoms with Crippen LogP contribution in [-0.2, 0) is 14.3 Å². The molecular formula is C23H30N2O5. The first-order valence-corrected chi connectivity index (χ1v) is 10.9. The Hall–Kier alpha value is -2.41. The van der Waals surface area contributed by atoms with Crippen LogP contribution in [0.25, 0.3) is 0 Å². The molecule has 3 aliphatic heterocycles. The molecule has 1 aromatic carbocycles. The number of carbonyl (C=O) groups excluding carboxylic acids is 3. The monoisotopic (exact) mass is 414 g/mol. The molecule has 0 aliphatic carbocycles. The Kier molecular flexibility index (Phi) is 5.82. The van der Waals surface area contributed by atoms with Gasteiger partial charge >= 0.3 is 0 Å². The van der Waals surface area contributed by atoms with Crippen LogP contribution >= 0.6 is 0 Å². The van der Waals surface area contributed by atoms with Crippen LogP contribution in [0.15, 0.2) is 18.2 Å². The van der Waals surface area contributed by atoms with E-state index in [4.69, 9.17) is 9.47 Å². The van der Waals surface area contributed by atoms with Crippen molar-refractivity contribution in [2.45, 2.75) is 70.1 Å². The second kappa shape index (κ2) is 8.38. The maximum atomic E-state index is 12.8. The Morgan fingerprint density at radius 1 is 1.33 bits per heavy atom. The molecule has 0 aromatic heterocycles. The van der Waals surface area contributed by atoms with E-state index < -0.39 is 11.6 Å². The maximum absolute atomic E-state index is 12.8. The minimum absolute atomic E-state index is 0.0585. The van der Waals surface area contributed by atoms with Gasteiger partial charge in [0.05, 0.1) is 18.1 Å². The summed E-state index contributed by atoms with van der Waals surface area (Å²) in [4.78, 5) is 39.8. The number of carbonyl (C=O) groups is 3. The number of hydrogen-bond acceptors (Lipinski definition) is 5. The number of ether oxygens (including phenoxy) is 2. The van der Waals surface area contributed by atoms with Gasteiger partial charge in [0.1, 0.15) is 17.4 Å². The summed E-state index contributed by atoms with van der Waals surface area (Å²) in [6.45, 7) is 5.31. The lowest BCUT2D eigenvalue weighted by Crippen LogP contribution is -2.49. The van der Waals surface area contributed by atoms with Crippen molar-refractivity contribution in [3.8, 4) is 5.75 Å². The van der Waals surface area contributed by atoms with Crippen molar-refractivity contribution in [3.05, 3.63) is 29.3 Å². The van der Waals surface area contributed by atoms with Crippen molar-refractivity contribution in [1.82, 2.24) is 10.2 Å². The molecule has 30 heavy (non-hydrogen) atoms. The fraction of sp³-hybridized carbons (Fsp3) is 0.609. The number of likely N-dealkylation sites (tertiary alicyclic amines) is 1. The zero-order valence-corrected chi connectivity index (χ0v) is 17.7. The first-order valence-electron chi connectivity index (χ1n) is 10.9. The molecule has 3 unspecified atom stereocenters. The van der Waals surface area contributed by atoms with Crippen LogP contribution in [0.3, 0.4) is 0 Å². The number of benzene rings is 1. The molecule has 1 spiro atoms. The van der Waals surface area contributed by atoms with Gasteiger partial charge in [-0.2, -0.15) is 0 Å². The molecule has 2 saturated heterocycles. The zero-order valence-electron chi connectivity index (χ0n) is 17.7. The second-order valence-electron chi connectivity index (χ2n) is 8.78. The zero-order chi connectivity index (χ0) is 21.3. The average Bonchev–Trinajstić information content (AvgIpc) is 3.19. The molecule has 0 bridgehead atoms. The molecule has 3 atom stereocenters. The van der Waals surface area contributed by atoms with Crippen LogP contribution in [0.4, 0.5) is 0 Å². The number of ketones is 1. The first kappa shape index (κ1) is 20.8. The number of Topliss-reactive ketones (excluding diaryl/α,β-unsaturated/α-hetero) is 1. The summed E-state index contributed by atoms with van der Waals surface area (Å²) in [5.41, 5.74) is 0.958. The van der Waals surface area contributed by atoms with Crippen LogP contribution in [0.1, 0.15) is 61.4 Å². The molecule has 0 radical (unpaired) electrons. The number of rotatable bonds is 4. The van der Waals surface area contributed by atoms with Crippen molar-refractivity contribution in [2.24, 2.45) is 0 Å². The highest BCUT2D eigenvalue weighted by atomic mass is 16.5. The standard InChI is InChI=1S/C23H30N2O5/c1-15-5-6-20-18(12-15)19(26)13-23(30-20)8-7-21(27)25(10-9-23)16(2)22(28)24-14-17-4-3-11-29-17/h5-6,12,16-17H,3-4,7-11,13-14H2,1-2H3,(H,24,28). The number of fused-ring (bicyclic) bond motifs is 1. The van der Waals surface area contributed by atoms with Gasteiger partial charge in [-0.05, 0) is 45.2 Å². The third-order valence-electron chi connectivity index (χ3n) is 6.54. The van der Waals surface area contributed by atoms with Crippen molar-refractivity contribution in [2.75, 3.05) is 19.7 Å².